The van der Waals surface area contributed by atoms with E-state index in [-0.39, 0.29) is 6.61 Å². The predicted octanol–water partition coefficient (Wildman–Crippen LogP) is 2.35. The van der Waals surface area contributed by atoms with Crippen LogP contribution >= 0.6 is 0 Å². The van der Waals surface area contributed by atoms with Gasteiger partial charge in [0.1, 0.15) is 12.4 Å². The summed E-state index contributed by atoms with van der Waals surface area (Å²) in [6.45, 7) is 3.63. The Hall–Kier alpha value is -1.55. The van der Waals surface area contributed by atoms with E-state index in [1.807, 2.05) is 18.2 Å². The lowest BCUT2D eigenvalue weighted by molar-refractivity contribution is 0.0285. The van der Waals surface area contributed by atoms with Gasteiger partial charge in [-0.3, -0.25) is 0 Å². The highest BCUT2D eigenvalue weighted by Crippen LogP contribution is 2.26. The van der Waals surface area contributed by atoms with Gasteiger partial charge >= 0.3 is 0 Å². The van der Waals surface area contributed by atoms with Crippen molar-refractivity contribution in [1.82, 2.24) is 0 Å². The summed E-state index contributed by atoms with van der Waals surface area (Å²) in [7, 11) is 0. The molecule has 1 aliphatic carbocycles. The summed E-state index contributed by atoms with van der Waals surface area (Å²) in [5, 5.41) is 22.0. The number of aliphatic hydroxyl groups is 1. The average Bonchev–Trinajstić information content (AvgIpc) is 2.34. The van der Waals surface area contributed by atoms with E-state index < -0.39 is 5.60 Å². The minimum Gasteiger partial charge on any atom is -0.491 e. The summed E-state index contributed by atoms with van der Waals surface area (Å²) in [5.74, 6) is 0.693. The molecule has 18 heavy (non-hydrogen) atoms. The van der Waals surface area contributed by atoms with Crippen LogP contribution in [0.4, 0.5) is 0 Å². The topological polar surface area (TPSA) is 62.0 Å². The van der Waals surface area contributed by atoms with Crippen molar-refractivity contribution in [3.63, 3.8) is 0 Å². The van der Waals surface area contributed by atoms with Gasteiger partial charge in [0.25, 0.3) is 0 Å². The number of fused-ring (bicyclic) bond motifs is 1. The molecule has 0 spiro atoms. The molecule has 0 amide bonds. The second-order valence-corrected chi connectivity index (χ2v) is 5.32. The molecule has 1 aromatic carbocycles. The Labute approximate surface area is 107 Å². The van der Waals surface area contributed by atoms with Crippen LogP contribution in [-0.4, -0.2) is 28.2 Å². The van der Waals surface area contributed by atoms with Crippen molar-refractivity contribution in [2.24, 2.45) is 5.16 Å². The van der Waals surface area contributed by atoms with Gasteiger partial charge in [-0.15, -0.1) is 0 Å². The van der Waals surface area contributed by atoms with Crippen molar-refractivity contribution in [3.05, 3.63) is 29.3 Å². The van der Waals surface area contributed by atoms with Crippen LogP contribution < -0.4 is 4.74 Å². The summed E-state index contributed by atoms with van der Waals surface area (Å²) in [6.07, 6.45) is 2.80. The molecule has 0 aliphatic heterocycles. The average molecular weight is 249 g/mol. The first-order valence-electron chi connectivity index (χ1n) is 6.19. The minimum atomic E-state index is -0.857. The summed E-state index contributed by atoms with van der Waals surface area (Å²) in [4.78, 5) is 0. The van der Waals surface area contributed by atoms with E-state index >= 15 is 0 Å². The summed E-state index contributed by atoms with van der Waals surface area (Å²) in [5.41, 5.74) is 2.00. The first-order valence-corrected chi connectivity index (χ1v) is 6.19. The second kappa shape index (κ2) is 4.98. The van der Waals surface area contributed by atoms with Gasteiger partial charge in [-0.05, 0) is 50.8 Å². The highest BCUT2D eigenvalue weighted by Gasteiger charge is 2.18. The van der Waals surface area contributed by atoms with Crippen molar-refractivity contribution >= 4 is 5.71 Å². The fourth-order valence-electron chi connectivity index (χ4n) is 2.08. The maximum atomic E-state index is 9.63. The van der Waals surface area contributed by atoms with E-state index in [1.165, 1.54) is 5.56 Å². The highest BCUT2D eigenvalue weighted by molar-refractivity contribution is 6.02. The molecule has 0 atom stereocenters. The maximum absolute atomic E-state index is 9.63. The van der Waals surface area contributed by atoms with Crippen molar-refractivity contribution in [2.75, 3.05) is 6.61 Å². The lowest BCUT2D eigenvalue weighted by atomic mass is 9.90. The summed E-state index contributed by atoms with van der Waals surface area (Å²) < 4.78 is 5.54. The second-order valence-electron chi connectivity index (χ2n) is 5.32. The molecule has 4 nitrogen and oxygen atoms in total. The Kier molecular flexibility index (Phi) is 3.57. The number of rotatable bonds is 3. The molecule has 0 unspecified atom stereocenters. The molecular weight excluding hydrogens is 230 g/mol. The molecule has 0 radical (unpaired) electrons. The molecule has 2 rings (SSSR count). The van der Waals surface area contributed by atoms with Gasteiger partial charge in [0.15, 0.2) is 0 Å². The SMILES string of the molecule is CC(C)(O)COc1ccc2c(c1)/C(=N\O)CCC2. The maximum Gasteiger partial charge on any atom is 0.120 e. The number of benzene rings is 1. The van der Waals surface area contributed by atoms with E-state index in [1.54, 1.807) is 13.8 Å². The number of aryl methyl sites for hydroxylation is 1. The van der Waals surface area contributed by atoms with Crippen LogP contribution in [0.5, 0.6) is 5.75 Å². The van der Waals surface area contributed by atoms with Crippen molar-refractivity contribution < 1.29 is 15.1 Å². The lowest BCUT2D eigenvalue weighted by Gasteiger charge is -2.20. The van der Waals surface area contributed by atoms with Gasteiger partial charge in [-0.25, -0.2) is 0 Å². The molecule has 2 N–H and O–H groups in total. The van der Waals surface area contributed by atoms with E-state index in [0.29, 0.717) is 11.5 Å². The van der Waals surface area contributed by atoms with Crippen LogP contribution in [0.3, 0.4) is 0 Å². The lowest BCUT2D eigenvalue weighted by Crippen LogP contribution is -2.28. The van der Waals surface area contributed by atoms with E-state index in [4.69, 9.17) is 9.94 Å². The Morgan fingerprint density at radius 1 is 1.33 bits per heavy atom. The first-order chi connectivity index (χ1) is 8.49. The van der Waals surface area contributed by atoms with Gasteiger partial charge < -0.3 is 15.1 Å². The summed E-state index contributed by atoms with van der Waals surface area (Å²) >= 11 is 0. The number of ether oxygens (including phenoxy) is 1. The zero-order chi connectivity index (χ0) is 13.2. The van der Waals surface area contributed by atoms with E-state index in [2.05, 4.69) is 5.16 Å². The normalized spacial score (nSPS) is 17.6. The third kappa shape index (κ3) is 3.01. The molecule has 1 aromatic rings. The quantitative estimate of drug-likeness (QED) is 0.638. The minimum absolute atomic E-state index is 0.234. The Bertz CT molecular complexity index is 461. The molecule has 0 saturated carbocycles. The number of hydrogen-bond donors (Lipinski definition) is 2. The van der Waals surface area contributed by atoms with Crippen LogP contribution in [0.25, 0.3) is 0 Å². The predicted molar refractivity (Wildman–Crippen MR) is 69.5 cm³/mol. The molecule has 0 aromatic heterocycles. The van der Waals surface area contributed by atoms with E-state index in [9.17, 15) is 5.11 Å². The van der Waals surface area contributed by atoms with Crippen LogP contribution in [0.2, 0.25) is 0 Å². The van der Waals surface area contributed by atoms with Crippen LogP contribution in [0.15, 0.2) is 23.4 Å². The van der Waals surface area contributed by atoms with Crippen molar-refractivity contribution in [3.8, 4) is 5.75 Å². The van der Waals surface area contributed by atoms with Crippen LogP contribution in [-0.2, 0) is 6.42 Å². The molecular formula is C14H19NO3. The molecule has 0 bridgehead atoms. The van der Waals surface area contributed by atoms with Crippen LogP contribution in [0.1, 0.15) is 37.8 Å². The zero-order valence-electron chi connectivity index (χ0n) is 10.8. The number of hydrogen-bond acceptors (Lipinski definition) is 4. The van der Waals surface area contributed by atoms with Gasteiger partial charge in [-0.1, -0.05) is 11.2 Å². The van der Waals surface area contributed by atoms with Crippen molar-refractivity contribution in [2.45, 2.75) is 38.7 Å². The third-order valence-corrected chi connectivity index (χ3v) is 2.96. The first kappa shape index (κ1) is 12.9. The molecule has 0 saturated heterocycles. The standard InChI is InChI=1S/C14H19NO3/c1-14(2,16)9-18-11-7-6-10-4-3-5-13(15-17)12(10)8-11/h6-8,16-17H,3-5,9H2,1-2H3/b15-13-. The van der Waals surface area contributed by atoms with Gasteiger partial charge in [-0.2, -0.15) is 0 Å². The Morgan fingerprint density at radius 2 is 2.11 bits per heavy atom. The zero-order valence-corrected chi connectivity index (χ0v) is 10.8. The third-order valence-electron chi connectivity index (χ3n) is 2.96. The largest absolute Gasteiger partial charge is 0.491 e. The number of nitrogens with zero attached hydrogens (tertiary/aromatic N) is 1. The smallest absolute Gasteiger partial charge is 0.120 e. The van der Waals surface area contributed by atoms with Crippen molar-refractivity contribution in [1.29, 1.82) is 0 Å². The Morgan fingerprint density at radius 3 is 2.78 bits per heavy atom. The fraction of sp³-hybridized carbons (Fsp3) is 0.500. The fourth-order valence-corrected chi connectivity index (χ4v) is 2.08. The molecule has 1 aliphatic rings. The molecule has 4 heteroatoms. The highest BCUT2D eigenvalue weighted by atomic mass is 16.5. The Balaban J connectivity index is 2.20. The van der Waals surface area contributed by atoms with Crippen LogP contribution in [0, 0.1) is 0 Å². The number of oxime groups is 1. The molecule has 0 heterocycles. The van der Waals surface area contributed by atoms with Gasteiger partial charge in [0, 0.05) is 5.56 Å². The van der Waals surface area contributed by atoms with Gasteiger partial charge in [0.2, 0.25) is 0 Å². The van der Waals surface area contributed by atoms with Gasteiger partial charge in [0.05, 0.1) is 11.3 Å². The summed E-state index contributed by atoms with van der Waals surface area (Å²) in [6, 6.07) is 5.78. The monoisotopic (exact) mass is 249 g/mol. The molecule has 98 valence electrons. The molecule has 0 fully saturated rings. The van der Waals surface area contributed by atoms with E-state index in [0.717, 1.165) is 24.8 Å².